The van der Waals surface area contributed by atoms with Gasteiger partial charge in [0.2, 0.25) is 0 Å². The number of benzene rings is 1. The van der Waals surface area contributed by atoms with Crippen LogP contribution in [0.25, 0.3) is 11.3 Å². The van der Waals surface area contributed by atoms with Crippen LogP contribution in [-0.4, -0.2) is 10.2 Å². The maximum Gasteiger partial charge on any atom is 0.103 e. The average Bonchev–Trinajstić information content (AvgIpc) is 3.07. The minimum atomic E-state index is 0.871. The maximum absolute atomic E-state index is 4.85. The van der Waals surface area contributed by atoms with E-state index in [1.807, 2.05) is 11.3 Å². The second-order valence-electron chi connectivity index (χ2n) is 5.24. The fourth-order valence-corrected chi connectivity index (χ4v) is 5.20. The normalized spacial score (nSPS) is 15.9. The molecule has 0 amide bonds. The average molecular weight is 368 g/mol. The summed E-state index contributed by atoms with van der Waals surface area (Å²) in [7, 11) is 0. The lowest BCUT2D eigenvalue weighted by atomic mass is 10.1. The van der Waals surface area contributed by atoms with Gasteiger partial charge in [0, 0.05) is 25.9 Å². The third-order valence-electron chi connectivity index (χ3n) is 3.70. The Morgan fingerprint density at radius 2 is 1.95 bits per heavy atom. The molecule has 4 heteroatoms. The van der Waals surface area contributed by atoms with Crippen molar-refractivity contribution in [2.24, 2.45) is 0 Å². The van der Waals surface area contributed by atoms with Crippen molar-refractivity contribution >= 4 is 39.0 Å². The number of rotatable bonds is 4. The van der Waals surface area contributed by atoms with Crippen molar-refractivity contribution in [2.45, 2.75) is 43.6 Å². The number of hydrogen-bond donors (Lipinski definition) is 0. The van der Waals surface area contributed by atoms with Crippen LogP contribution < -0.4 is 0 Å². The molecule has 106 valence electrons. The summed E-state index contributed by atoms with van der Waals surface area (Å²) in [6, 6.07) is 8.45. The largest absolute Gasteiger partial charge is 0.240 e. The Hall–Kier alpha value is -0.320. The molecule has 1 nitrogen and oxygen atoms in total. The molecule has 0 saturated heterocycles. The molecule has 1 fully saturated rings. The predicted molar refractivity (Wildman–Crippen MR) is 93.5 cm³/mol. The molecular weight excluding hydrogens is 350 g/mol. The van der Waals surface area contributed by atoms with Crippen molar-refractivity contribution in [3.05, 3.63) is 38.6 Å². The van der Waals surface area contributed by atoms with Crippen molar-refractivity contribution in [3.8, 4) is 11.3 Å². The van der Waals surface area contributed by atoms with Gasteiger partial charge < -0.3 is 0 Å². The Balaban J connectivity index is 1.71. The summed E-state index contributed by atoms with van der Waals surface area (Å²) in [6.45, 7) is 2.18. The molecule has 0 N–H and O–H groups in total. The summed E-state index contributed by atoms with van der Waals surface area (Å²) >= 11 is 7.43. The molecule has 1 heterocycles. The van der Waals surface area contributed by atoms with Crippen LogP contribution in [-0.2, 0) is 5.75 Å². The Bertz CT molecular complexity index is 571. The standard InChI is InChI=1S/C16H18BrNS2/c1-11-16(12-6-8-13(17)9-7-12)18-15(20-11)10-19-14-4-2-3-5-14/h6-9,14H,2-5,10H2,1H3. The molecule has 1 aliphatic rings. The molecule has 1 aromatic carbocycles. The lowest BCUT2D eigenvalue weighted by Crippen LogP contribution is -1.94. The first-order valence-electron chi connectivity index (χ1n) is 7.06. The van der Waals surface area contributed by atoms with Gasteiger partial charge in [-0.25, -0.2) is 4.98 Å². The second-order valence-corrected chi connectivity index (χ2v) is 8.73. The predicted octanol–water partition coefficient (Wildman–Crippen LogP) is 6.06. The molecule has 1 aliphatic carbocycles. The summed E-state index contributed by atoms with van der Waals surface area (Å²) in [4.78, 5) is 6.18. The van der Waals surface area contributed by atoms with E-state index in [9.17, 15) is 0 Å². The highest BCUT2D eigenvalue weighted by atomic mass is 79.9. The SMILES string of the molecule is Cc1sc(CSC2CCCC2)nc1-c1ccc(Br)cc1. The van der Waals surface area contributed by atoms with E-state index < -0.39 is 0 Å². The zero-order chi connectivity index (χ0) is 13.9. The molecule has 20 heavy (non-hydrogen) atoms. The van der Waals surface area contributed by atoms with Gasteiger partial charge in [0.15, 0.2) is 0 Å². The smallest absolute Gasteiger partial charge is 0.103 e. The summed E-state index contributed by atoms with van der Waals surface area (Å²) in [5.41, 5.74) is 2.38. The fraction of sp³-hybridized carbons (Fsp3) is 0.438. The first-order valence-corrected chi connectivity index (χ1v) is 9.72. The Morgan fingerprint density at radius 1 is 1.25 bits per heavy atom. The van der Waals surface area contributed by atoms with E-state index in [4.69, 9.17) is 4.98 Å². The molecule has 2 aromatic rings. The molecule has 0 aliphatic heterocycles. The van der Waals surface area contributed by atoms with E-state index in [0.717, 1.165) is 21.2 Å². The number of thioether (sulfide) groups is 1. The van der Waals surface area contributed by atoms with E-state index in [-0.39, 0.29) is 0 Å². The van der Waals surface area contributed by atoms with Gasteiger partial charge in [0.05, 0.1) is 5.69 Å². The van der Waals surface area contributed by atoms with Crippen molar-refractivity contribution in [1.29, 1.82) is 0 Å². The number of nitrogens with zero attached hydrogens (tertiary/aromatic N) is 1. The Labute approximate surface area is 137 Å². The Morgan fingerprint density at radius 3 is 2.65 bits per heavy atom. The summed E-state index contributed by atoms with van der Waals surface area (Å²) in [5.74, 6) is 1.08. The lowest BCUT2D eigenvalue weighted by molar-refractivity contribution is 0.886. The number of hydrogen-bond acceptors (Lipinski definition) is 3. The van der Waals surface area contributed by atoms with Gasteiger partial charge in [-0.15, -0.1) is 11.3 Å². The molecule has 1 saturated carbocycles. The topological polar surface area (TPSA) is 12.9 Å². The summed E-state index contributed by atoms with van der Waals surface area (Å²) < 4.78 is 1.12. The monoisotopic (exact) mass is 367 g/mol. The number of thiazole rings is 1. The van der Waals surface area contributed by atoms with Crippen LogP contribution in [0.3, 0.4) is 0 Å². The lowest BCUT2D eigenvalue weighted by Gasteiger charge is -2.05. The van der Waals surface area contributed by atoms with E-state index >= 15 is 0 Å². The summed E-state index contributed by atoms with van der Waals surface area (Å²) in [6.07, 6.45) is 5.63. The van der Waals surface area contributed by atoms with Gasteiger partial charge in [0.1, 0.15) is 5.01 Å². The van der Waals surface area contributed by atoms with Gasteiger partial charge in [-0.2, -0.15) is 11.8 Å². The van der Waals surface area contributed by atoms with Crippen LogP contribution in [0.4, 0.5) is 0 Å². The number of aromatic nitrogens is 1. The van der Waals surface area contributed by atoms with E-state index in [0.29, 0.717) is 0 Å². The molecule has 0 unspecified atom stereocenters. The third kappa shape index (κ3) is 3.46. The fourth-order valence-electron chi connectivity index (χ4n) is 2.63. The maximum atomic E-state index is 4.85. The van der Waals surface area contributed by atoms with Crippen molar-refractivity contribution in [3.63, 3.8) is 0 Å². The number of halogens is 1. The molecule has 3 rings (SSSR count). The van der Waals surface area contributed by atoms with Gasteiger partial charge in [-0.05, 0) is 31.9 Å². The minimum absolute atomic E-state index is 0.871. The van der Waals surface area contributed by atoms with Gasteiger partial charge in [-0.3, -0.25) is 0 Å². The second kappa shape index (κ2) is 6.63. The molecule has 1 aromatic heterocycles. The van der Waals surface area contributed by atoms with Gasteiger partial charge in [-0.1, -0.05) is 40.9 Å². The van der Waals surface area contributed by atoms with Crippen LogP contribution >= 0.6 is 39.0 Å². The number of aryl methyl sites for hydroxylation is 1. The highest BCUT2D eigenvalue weighted by molar-refractivity contribution is 9.10. The quantitative estimate of drug-likeness (QED) is 0.651. The highest BCUT2D eigenvalue weighted by Crippen LogP contribution is 2.34. The van der Waals surface area contributed by atoms with E-state index in [1.54, 1.807) is 0 Å². The minimum Gasteiger partial charge on any atom is -0.240 e. The zero-order valence-electron chi connectivity index (χ0n) is 11.6. The van der Waals surface area contributed by atoms with Crippen LogP contribution in [0.1, 0.15) is 35.6 Å². The van der Waals surface area contributed by atoms with E-state index in [1.165, 1.54) is 41.1 Å². The molecular formula is C16H18BrNS2. The third-order valence-corrected chi connectivity index (χ3v) is 6.77. The molecule has 0 atom stereocenters. The Kier molecular flexibility index (Phi) is 4.84. The first-order chi connectivity index (χ1) is 9.72. The highest BCUT2D eigenvalue weighted by Gasteiger charge is 2.17. The van der Waals surface area contributed by atoms with Crippen molar-refractivity contribution in [2.75, 3.05) is 0 Å². The zero-order valence-corrected chi connectivity index (χ0v) is 14.8. The van der Waals surface area contributed by atoms with Gasteiger partial charge in [0.25, 0.3) is 0 Å². The van der Waals surface area contributed by atoms with Crippen LogP contribution in [0.5, 0.6) is 0 Å². The van der Waals surface area contributed by atoms with Crippen molar-refractivity contribution < 1.29 is 0 Å². The van der Waals surface area contributed by atoms with Gasteiger partial charge >= 0.3 is 0 Å². The summed E-state index contributed by atoms with van der Waals surface area (Å²) in [5, 5.41) is 2.15. The van der Waals surface area contributed by atoms with Crippen LogP contribution in [0.15, 0.2) is 28.7 Å². The van der Waals surface area contributed by atoms with Crippen LogP contribution in [0.2, 0.25) is 0 Å². The van der Waals surface area contributed by atoms with Crippen molar-refractivity contribution in [1.82, 2.24) is 4.98 Å². The first kappa shape index (κ1) is 14.6. The molecule has 0 radical (unpaired) electrons. The van der Waals surface area contributed by atoms with Crippen LogP contribution in [0, 0.1) is 6.92 Å². The molecule has 0 spiro atoms. The van der Waals surface area contributed by atoms with E-state index in [2.05, 4.69) is 58.9 Å². The molecule has 0 bridgehead atoms.